The fourth-order valence-electron chi connectivity index (χ4n) is 3.11. The molecule has 3 aromatic heterocycles. The van der Waals surface area contributed by atoms with Gasteiger partial charge in [-0.05, 0) is 30.7 Å². The van der Waals surface area contributed by atoms with Gasteiger partial charge >= 0.3 is 0 Å². The number of furan rings is 1. The van der Waals surface area contributed by atoms with Crippen LogP contribution < -0.4 is 0 Å². The van der Waals surface area contributed by atoms with Gasteiger partial charge in [-0.2, -0.15) is 0 Å². The molecule has 5 nitrogen and oxygen atoms in total. The molecule has 0 amide bonds. The van der Waals surface area contributed by atoms with Crippen molar-refractivity contribution in [2.45, 2.75) is 19.4 Å². The Kier molecular flexibility index (Phi) is 3.86. The van der Waals surface area contributed by atoms with E-state index in [2.05, 4.69) is 19.9 Å². The van der Waals surface area contributed by atoms with E-state index in [1.165, 1.54) is 5.56 Å². The van der Waals surface area contributed by atoms with Gasteiger partial charge < -0.3 is 4.42 Å². The highest BCUT2D eigenvalue weighted by Gasteiger charge is 2.19. The quantitative estimate of drug-likeness (QED) is 0.744. The van der Waals surface area contributed by atoms with Gasteiger partial charge in [0, 0.05) is 48.7 Å². The minimum atomic E-state index is 0.846. The third-order valence-corrected chi connectivity index (χ3v) is 4.29. The first-order valence-electron chi connectivity index (χ1n) is 7.88. The van der Waals surface area contributed by atoms with Crippen LogP contribution >= 0.6 is 0 Å². The van der Waals surface area contributed by atoms with Crippen molar-refractivity contribution in [3.05, 3.63) is 66.3 Å². The number of rotatable bonds is 3. The second-order valence-corrected chi connectivity index (χ2v) is 5.74. The molecule has 116 valence electrons. The molecule has 0 radical (unpaired) electrons. The number of aromatic nitrogens is 3. The predicted molar refractivity (Wildman–Crippen MR) is 86.7 cm³/mol. The normalized spacial score (nSPS) is 15.1. The maximum absolute atomic E-state index is 5.47. The Labute approximate surface area is 135 Å². The number of hydrogen-bond acceptors (Lipinski definition) is 5. The zero-order valence-electron chi connectivity index (χ0n) is 12.9. The summed E-state index contributed by atoms with van der Waals surface area (Å²) < 4.78 is 5.47. The van der Waals surface area contributed by atoms with Gasteiger partial charge in [0.1, 0.15) is 12.1 Å². The highest BCUT2D eigenvalue weighted by Crippen LogP contribution is 2.25. The zero-order valence-corrected chi connectivity index (χ0v) is 12.9. The van der Waals surface area contributed by atoms with E-state index in [9.17, 15) is 0 Å². The molecule has 0 saturated carbocycles. The molecule has 4 heterocycles. The Morgan fingerprint density at radius 3 is 2.74 bits per heavy atom. The summed E-state index contributed by atoms with van der Waals surface area (Å²) in [7, 11) is 0. The van der Waals surface area contributed by atoms with Crippen LogP contribution in [-0.2, 0) is 19.4 Å². The summed E-state index contributed by atoms with van der Waals surface area (Å²) in [4.78, 5) is 15.6. The summed E-state index contributed by atoms with van der Waals surface area (Å²) in [5.41, 5.74) is 4.57. The molecule has 0 atom stereocenters. The van der Waals surface area contributed by atoms with Crippen LogP contribution in [0, 0.1) is 0 Å². The summed E-state index contributed by atoms with van der Waals surface area (Å²) in [6.07, 6.45) is 8.92. The van der Waals surface area contributed by atoms with Gasteiger partial charge in [0.15, 0.2) is 0 Å². The lowest BCUT2D eigenvalue weighted by atomic mass is 10.0. The van der Waals surface area contributed by atoms with Crippen molar-refractivity contribution >= 4 is 0 Å². The monoisotopic (exact) mass is 306 g/mol. The number of nitrogens with zero attached hydrogens (tertiary/aromatic N) is 4. The minimum Gasteiger partial charge on any atom is -0.468 e. The lowest BCUT2D eigenvalue weighted by molar-refractivity contribution is 0.255. The minimum absolute atomic E-state index is 0.846. The van der Waals surface area contributed by atoms with Crippen molar-refractivity contribution in [3.63, 3.8) is 0 Å². The molecule has 0 aromatic carbocycles. The first kappa shape index (κ1) is 14.1. The lowest BCUT2D eigenvalue weighted by Gasteiger charge is -2.17. The van der Waals surface area contributed by atoms with Crippen LogP contribution in [0.15, 0.2) is 53.7 Å². The van der Waals surface area contributed by atoms with Crippen LogP contribution in [0.2, 0.25) is 0 Å². The van der Waals surface area contributed by atoms with Crippen LogP contribution in [0.1, 0.15) is 17.0 Å². The summed E-state index contributed by atoms with van der Waals surface area (Å²) in [6, 6.07) is 7.98. The molecule has 0 saturated heterocycles. The van der Waals surface area contributed by atoms with Gasteiger partial charge in [-0.15, -0.1) is 0 Å². The highest BCUT2D eigenvalue weighted by molar-refractivity contribution is 5.63. The van der Waals surface area contributed by atoms with Crippen LogP contribution in [0.5, 0.6) is 0 Å². The summed E-state index contributed by atoms with van der Waals surface area (Å²) in [6.45, 7) is 2.82. The molecule has 0 bridgehead atoms. The molecule has 0 spiro atoms. The van der Waals surface area contributed by atoms with E-state index in [0.717, 1.165) is 55.2 Å². The summed E-state index contributed by atoms with van der Waals surface area (Å²) >= 11 is 0. The SMILES string of the molecule is c1coc(CN2CCc3ncnc(-c4ccncc4)c3CC2)c1. The van der Waals surface area contributed by atoms with Gasteiger partial charge in [-0.25, -0.2) is 9.97 Å². The molecular formula is C18H18N4O. The Bertz CT molecular complexity index is 771. The van der Waals surface area contributed by atoms with Gasteiger partial charge in [-0.3, -0.25) is 9.88 Å². The van der Waals surface area contributed by atoms with Crippen LogP contribution in [0.4, 0.5) is 0 Å². The fraction of sp³-hybridized carbons (Fsp3) is 0.278. The number of hydrogen-bond donors (Lipinski definition) is 0. The molecular weight excluding hydrogens is 288 g/mol. The van der Waals surface area contributed by atoms with Crippen LogP contribution in [-0.4, -0.2) is 32.9 Å². The largest absolute Gasteiger partial charge is 0.468 e. The zero-order chi connectivity index (χ0) is 15.5. The first-order valence-corrected chi connectivity index (χ1v) is 7.88. The second kappa shape index (κ2) is 6.30. The van der Waals surface area contributed by atoms with E-state index in [1.807, 2.05) is 36.7 Å². The number of fused-ring (bicyclic) bond motifs is 1. The fourth-order valence-corrected chi connectivity index (χ4v) is 3.11. The van der Waals surface area contributed by atoms with Gasteiger partial charge in [-0.1, -0.05) is 0 Å². The maximum atomic E-state index is 5.47. The van der Waals surface area contributed by atoms with E-state index in [-0.39, 0.29) is 0 Å². The van der Waals surface area contributed by atoms with Gasteiger partial charge in [0.25, 0.3) is 0 Å². The lowest BCUT2D eigenvalue weighted by Crippen LogP contribution is -2.25. The molecule has 0 N–H and O–H groups in total. The Balaban J connectivity index is 1.59. The third-order valence-electron chi connectivity index (χ3n) is 4.29. The smallest absolute Gasteiger partial charge is 0.117 e. The van der Waals surface area contributed by atoms with Gasteiger partial charge in [0.05, 0.1) is 18.5 Å². The topological polar surface area (TPSA) is 55.1 Å². The van der Waals surface area contributed by atoms with E-state index in [0.29, 0.717) is 0 Å². The predicted octanol–water partition coefficient (Wildman–Crippen LogP) is 2.73. The van der Waals surface area contributed by atoms with Crippen molar-refractivity contribution in [3.8, 4) is 11.3 Å². The molecule has 0 aliphatic carbocycles. The summed E-state index contributed by atoms with van der Waals surface area (Å²) in [5, 5.41) is 0. The summed E-state index contributed by atoms with van der Waals surface area (Å²) in [5.74, 6) is 1.01. The third kappa shape index (κ3) is 3.00. The average molecular weight is 306 g/mol. The van der Waals surface area contributed by atoms with Crippen LogP contribution in [0.25, 0.3) is 11.3 Å². The Morgan fingerprint density at radius 1 is 1.04 bits per heavy atom. The average Bonchev–Trinajstić information content (AvgIpc) is 3.02. The van der Waals surface area contributed by atoms with Crippen molar-refractivity contribution in [2.24, 2.45) is 0 Å². The number of pyridine rings is 1. The van der Waals surface area contributed by atoms with E-state index >= 15 is 0 Å². The molecule has 0 unspecified atom stereocenters. The Morgan fingerprint density at radius 2 is 1.91 bits per heavy atom. The van der Waals surface area contributed by atoms with Crippen molar-refractivity contribution in [1.82, 2.24) is 19.9 Å². The molecule has 1 aliphatic rings. The first-order chi connectivity index (χ1) is 11.4. The molecule has 4 rings (SSSR count). The Hall–Kier alpha value is -2.53. The molecule has 1 aliphatic heterocycles. The van der Waals surface area contributed by atoms with E-state index < -0.39 is 0 Å². The van der Waals surface area contributed by atoms with Crippen molar-refractivity contribution < 1.29 is 4.42 Å². The van der Waals surface area contributed by atoms with E-state index in [4.69, 9.17) is 4.42 Å². The molecule has 5 heteroatoms. The molecule has 3 aromatic rings. The van der Waals surface area contributed by atoms with Crippen LogP contribution in [0.3, 0.4) is 0 Å². The van der Waals surface area contributed by atoms with Crippen molar-refractivity contribution in [2.75, 3.05) is 13.1 Å². The maximum Gasteiger partial charge on any atom is 0.117 e. The highest BCUT2D eigenvalue weighted by atomic mass is 16.3. The van der Waals surface area contributed by atoms with Gasteiger partial charge in [0.2, 0.25) is 0 Å². The van der Waals surface area contributed by atoms with Crippen molar-refractivity contribution in [1.29, 1.82) is 0 Å². The molecule has 0 fully saturated rings. The van der Waals surface area contributed by atoms with E-state index in [1.54, 1.807) is 12.6 Å². The molecule has 23 heavy (non-hydrogen) atoms. The second-order valence-electron chi connectivity index (χ2n) is 5.74. The standard InChI is InChI=1S/C18H18N4O/c1-2-15(23-11-1)12-22-9-5-16-17(6-10-22)20-13-21-18(16)14-3-7-19-8-4-14/h1-4,7-8,11,13H,5-6,9-10,12H2.